The van der Waals surface area contributed by atoms with Gasteiger partial charge >= 0.3 is 9.84 Å². The Kier molecular flexibility index (Phi) is 3.68. The van der Waals surface area contributed by atoms with Gasteiger partial charge in [-0.3, -0.25) is 0 Å². The number of phenols is 1. The summed E-state index contributed by atoms with van der Waals surface area (Å²) in [4.78, 5) is 0.0427. The summed E-state index contributed by atoms with van der Waals surface area (Å²) in [5.41, 5.74) is 0. The Morgan fingerprint density at radius 1 is 1.07 bits per heavy atom. The van der Waals surface area contributed by atoms with Crippen LogP contribution in [0.4, 0.5) is 13.2 Å². The molecule has 1 nitrogen and oxygen atoms in total. The number of halogens is 5. The smallest absolute Gasteiger partial charge is 0.359 e. The molecule has 7 heteroatoms. The topological polar surface area (TPSA) is 20.2 Å². The molecule has 0 spiro atoms. The van der Waals surface area contributed by atoms with Crippen LogP contribution in [0.1, 0.15) is 0 Å². The van der Waals surface area contributed by atoms with Gasteiger partial charge in [-0.1, -0.05) is 23.2 Å². The molecular formula is C8H5Cl2F3OS. The van der Waals surface area contributed by atoms with Crippen LogP contribution in [0, 0.1) is 0 Å². The maximum absolute atomic E-state index is 13.0. The van der Waals surface area contributed by atoms with Gasteiger partial charge in [-0.15, -0.1) is 0 Å². The highest BCUT2D eigenvalue weighted by molar-refractivity contribution is 8.00. The minimum atomic E-state index is -3.97. The van der Waals surface area contributed by atoms with Crippen molar-refractivity contribution in [1.29, 1.82) is 0 Å². The van der Waals surface area contributed by atoms with Gasteiger partial charge in [-0.2, -0.15) is 13.2 Å². The van der Waals surface area contributed by atoms with Gasteiger partial charge in [0.05, 0.1) is 0 Å². The zero-order valence-electron chi connectivity index (χ0n) is 7.05. The van der Waals surface area contributed by atoms with Crippen molar-refractivity contribution in [1.82, 2.24) is 0 Å². The van der Waals surface area contributed by atoms with Crippen LogP contribution < -0.4 is 0 Å². The van der Waals surface area contributed by atoms with E-state index in [1.54, 1.807) is 0 Å². The molecule has 0 aromatic heterocycles. The van der Waals surface area contributed by atoms with E-state index < -0.39 is 9.84 Å². The van der Waals surface area contributed by atoms with Crippen LogP contribution >= 0.6 is 35.0 Å². The van der Waals surface area contributed by atoms with Gasteiger partial charge in [-0.25, -0.2) is 0 Å². The molecule has 1 N–H and O–H groups in total. The van der Waals surface area contributed by atoms with Crippen molar-refractivity contribution in [2.45, 2.75) is 14.7 Å². The maximum atomic E-state index is 13.0. The number of aromatic hydroxyl groups is 1. The van der Waals surface area contributed by atoms with E-state index in [9.17, 15) is 13.2 Å². The molecule has 0 atom stereocenters. The van der Waals surface area contributed by atoms with Gasteiger partial charge in [0, 0.05) is 4.90 Å². The molecule has 1 rings (SSSR count). The summed E-state index contributed by atoms with van der Waals surface area (Å²) in [6.45, 7) is 0. The predicted octanol–water partition coefficient (Wildman–Crippen LogP) is 4.18. The van der Waals surface area contributed by atoms with Crippen molar-refractivity contribution in [3.05, 3.63) is 24.3 Å². The second-order valence-corrected chi connectivity index (χ2v) is 5.03. The molecule has 0 fully saturated rings. The first-order valence-electron chi connectivity index (χ1n) is 3.65. The number of alkyl halides is 5. The summed E-state index contributed by atoms with van der Waals surface area (Å²) in [6, 6.07) is 4.79. The molecule has 1 aromatic rings. The molecule has 0 heterocycles. The molecule has 0 aliphatic rings. The van der Waals surface area contributed by atoms with Gasteiger partial charge in [0.15, 0.2) is 0 Å². The normalized spacial score (nSPS) is 12.9. The van der Waals surface area contributed by atoms with Crippen molar-refractivity contribution < 1.29 is 18.3 Å². The predicted molar refractivity (Wildman–Crippen MR) is 54.5 cm³/mol. The number of hydrogen-bond donors (Lipinski definition) is 1. The van der Waals surface area contributed by atoms with Crippen molar-refractivity contribution in [2.24, 2.45) is 0 Å². The molecule has 0 saturated carbocycles. The molecule has 0 radical (unpaired) electrons. The molecular weight excluding hydrogens is 272 g/mol. The van der Waals surface area contributed by atoms with E-state index in [1.807, 2.05) is 0 Å². The minimum absolute atomic E-state index is 0.0427. The molecule has 0 amide bonds. The van der Waals surface area contributed by atoms with E-state index in [0.717, 1.165) is 0 Å². The summed E-state index contributed by atoms with van der Waals surface area (Å²) in [5.74, 6) is -0.0778. The molecule has 0 bridgehead atoms. The quantitative estimate of drug-likeness (QED) is 0.660. The second-order valence-electron chi connectivity index (χ2n) is 2.61. The highest BCUT2D eigenvalue weighted by Gasteiger charge is 2.53. The lowest BCUT2D eigenvalue weighted by Crippen LogP contribution is -2.30. The van der Waals surface area contributed by atoms with Crippen LogP contribution in [-0.2, 0) is 0 Å². The lowest BCUT2D eigenvalue weighted by atomic mass is 10.3. The molecule has 0 saturated heterocycles. The third kappa shape index (κ3) is 3.36. The number of hydrogen-bond acceptors (Lipinski definition) is 2. The lowest BCUT2D eigenvalue weighted by Gasteiger charge is -2.21. The number of thioether (sulfide) groups is 1. The first-order valence-corrected chi connectivity index (χ1v) is 5.22. The van der Waals surface area contributed by atoms with E-state index in [4.69, 9.17) is 5.11 Å². The fraction of sp³-hybridized carbons (Fsp3) is 0.250. The van der Waals surface area contributed by atoms with Crippen LogP contribution in [0.2, 0.25) is 0 Å². The Balaban J connectivity index is 2.82. The molecule has 0 aliphatic carbocycles. The van der Waals surface area contributed by atoms with Crippen LogP contribution in [-0.4, -0.2) is 14.9 Å². The van der Waals surface area contributed by atoms with Crippen LogP contribution in [0.3, 0.4) is 0 Å². The monoisotopic (exact) mass is 276 g/mol. The van der Waals surface area contributed by atoms with Crippen molar-refractivity contribution in [2.75, 3.05) is 0 Å². The van der Waals surface area contributed by atoms with E-state index in [-0.39, 0.29) is 22.4 Å². The van der Waals surface area contributed by atoms with Gasteiger partial charge in [-0.05, 0) is 36.0 Å². The zero-order chi connectivity index (χ0) is 11.7. The second kappa shape index (κ2) is 4.31. The molecule has 84 valence electrons. The highest BCUT2D eigenvalue weighted by atomic mass is 35.5. The maximum Gasteiger partial charge on any atom is 0.359 e. The summed E-state index contributed by atoms with van der Waals surface area (Å²) in [7, 11) is 0. The Morgan fingerprint density at radius 2 is 1.53 bits per heavy atom. The first-order chi connectivity index (χ1) is 6.72. The van der Waals surface area contributed by atoms with Crippen molar-refractivity contribution >= 4 is 35.0 Å². The fourth-order valence-corrected chi connectivity index (χ4v) is 1.64. The van der Waals surface area contributed by atoms with Crippen molar-refractivity contribution in [3.8, 4) is 5.75 Å². The van der Waals surface area contributed by atoms with Crippen molar-refractivity contribution in [3.63, 3.8) is 0 Å². The lowest BCUT2D eigenvalue weighted by molar-refractivity contribution is 0.0325. The third-order valence-electron chi connectivity index (χ3n) is 1.41. The largest absolute Gasteiger partial charge is 0.508 e. The van der Waals surface area contributed by atoms with E-state index in [2.05, 4.69) is 23.2 Å². The summed E-state index contributed by atoms with van der Waals surface area (Å²) in [6.07, 6.45) is 0. The number of benzene rings is 1. The van der Waals surface area contributed by atoms with Gasteiger partial charge in [0.1, 0.15) is 5.75 Å². The number of rotatable bonds is 3. The van der Waals surface area contributed by atoms with E-state index in [0.29, 0.717) is 0 Å². The molecule has 0 aliphatic heterocycles. The average molecular weight is 277 g/mol. The zero-order valence-corrected chi connectivity index (χ0v) is 9.38. The fourth-order valence-electron chi connectivity index (χ4n) is 0.720. The van der Waals surface area contributed by atoms with E-state index in [1.165, 1.54) is 24.3 Å². The molecule has 1 aromatic carbocycles. The van der Waals surface area contributed by atoms with Crippen LogP contribution in [0.25, 0.3) is 0 Å². The SMILES string of the molecule is Oc1ccc(SC(F)(F)C(F)(Cl)Cl)cc1. The van der Waals surface area contributed by atoms with Gasteiger partial charge < -0.3 is 5.11 Å². The summed E-state index contributed by atoms with van der Waals surface area (Å²) in [5, 5.41) is 4.93. The third-order valence-corrected chi connectivity index (χ3v) is 3.16. The Bertz CT molecular complexity index is 337. The Hall–Kier alpha value is -0.260. The number of phenolic OH excluding ortho intramolecular Hbond substituents is 1. The van der Waals surface area contributed by atoms with Gasteiger partial charge in [0.2, 0.25) is 0 Å². The van der Waals surface area contributed by atoms with Crippen LogP contribution in [0.15, 0.2) is 29.2 Å². The van der Waals surface area contributed by atoms with Crippen LogP contribution in [0.5, 0.6) is 5.75 Å². The average Bonchev–Trinajstić information content (AvgIpc) is 2.06. The highest BCUT2D eigenvalue weighted by Crippen LogP contribution is 2.50. The Labute approximate surface area is 98.2 Å². The Morgan fingerprint density at radius 3 is 1.93 bits per heavy atom. The molecule has 0 unspecified atom stereocenters. The summed E-state index contributed by atoms with van der Waals surface area (Å²) < 4.78 is 35.0. The first kappa shape index (κ1) is 12.8. The summed E-state index contributed by atoms with van der Waals surface area (Å²) >= 11 is 9.25. The van der Waals surface area contributed by atoms with E-state index >= 15 is 0 Å². The van der Waals surface area contributed by atoms with Gasteiger partial charge in [0.25, 0.3) is 0 Å². The molecule has 15 heavy (non-hydrogen) atoms. The standard InChI is InChI=1S/C8H5Cl2F3OS/c9-7(10,11)8(12,13)15-6-3-1-5(14)2-4-6/h1-4,14H. The minimum Gasteiger partial charge on any atom is -0.508 e.